The van der Waals surface area contributed by atoms with Gasteiger partial charge in [-0.15, -0.1) is 0 Å². The summed E-state index contributed by atoms with van der Waals surface area (Å²) in [5, 5.41) is 15.0. The molecule has 0 amide bonds. The van der Waals surface area contributed by atoms with Crippen molar-refractivity contribution in [2.45, 2.75) is 50.3 Å². The van der Waals surface area contributed by atoms with Crippen molar-refractivity contribution in [2.75, 3.05) is 0 Å². The fourth-order valence-electron chi connectivity index (χ4n) is 1.82. The van der Waals surface area contributed by atoms with Crippen molar-refractivity contribution in [1.29, 1.82) is 10.8 Å². The van der Waals surface area contributed by atoms with Gasteiger partial charge in [0, 0.05) is 6.42 Å². The summed E-state index contributed by atoms with van der Waals surface area (Å²) in [6.07, 6.45) is 5.08. The molecule has 26 heavy (non-hydrogen) atoms. The number of unbranched alkanes of at least 4 members (excludes halogenated alkanes) is 4. The molecule has 0 bridgehead atoms. The lowest BCUT2D eigenvalue weighted by Gasteiger charge is -2.05. The van der Waals surface area contributed by atoms with Crippen molar-refractivity contribution in [3.8, 4) is 0 Å². The SMILES string of the molecule is CCCCCCCC(=O)OS(=O)(=O)c1ccccc1.N=C(N)NC(=N)N. The van der Waals surface area contributed by atoms with Crippen molar-refractivity contribution < 1.29 is 17.4 Å². The molecule has 0 fully saturated rings. The molecule has 7 N–H and O–H groups in total. The van der Waals surface area contributed by atoms with Gasteiger partial charge in [-0.1, -0.05) is 50.8 Å². The highest BCUT2D eigenvalue weighted by Crippen LogP contribution is 2.13. The third-order valence-electron chi connectivity index (χ3n) is 2.99. The van der Waals surface area contributed by atoms with Gasteiger partial charge in [-0.05, 0) is 18.6 Å². The highest BCUT2D eigenvalue weighted by atomic mass is 32.2. The van der Waals surface area contributed by atoms with E-state index < -0.39 is 16.1 Å². The van der Waals surface area contributed by atoms with Crippen molar-refractivity contribution in [3.63, 3.8) is 0 Å². The predicted molar refractivity (Wildman–Crippen MR) is 100 cm³/mol. The Labute approximate surface area is 154 Å². The van der Waals surface area contributed by atoms with Crippen LogP contribution in [0.15, 0.2) is 35.2 Å². The first-order valence-corrected chi connectivity index (χ1v) is 9.57. The van der Waals surface area contributed by atoms with Crippen LogP contribution in [-0.2, 0) is 19.1 Å². The second kappa shape index (κ2) is 12.7. The van der Waals surface area contributed by atoms with Gasteiger partial charge in [-0.25, -0.2) is 0 Å². The van der Waals surface area contributed by atoms with E-state index in [1.807, 2.05) is 5.32 Å². The van der Waals surface area contributed by atoms with E-state index in [2.05, 4.69) is 11.1 Å². The first-order chi connectivity index (χ1) is 12.2. The molecule has 146 valence electrons. The number of hydrogen-bond donors (Lipinski definition) is 5. The number of hydrogen-bond acceptors (Lipinski definition) is 6. The molecular formula is C16H27N5O4S. The van der Waals surface area contributed by atoms with Gasteiger partial charge in [0.25, 0.3) is 0 Å². The van der Waals surface area contributed by atoms with E-state index >= 15 is 0 Å². The molecule has 0 aliphatic rings. The number of guanidine groups is 2. The Morgan fingerprint density at radius 2 is 1.58 bits per heavy atom. The zero-order valence-electron chi connectivity index (χ0n) is 14.8. The van der Waals surface area contributed by atoms with Crippen LogP contribution in [0.25, 0.3) is 0 Å². The van der Waals surface area contributed by atoms with Crippen LogP contribution < -0.4 is 16.8 Å². The van der Waals surface area contributed by atoms with Gasteiger partial charge < -0.3 is 15.7 Å². The Morgan fingerprint density at radius 1 is 1.04 bits per heavy atom. The van der Waals surface area contributed by atoms with Gasteiger partial charge in [0.15, 0.2) is 11.9 Å². The first-order valence-electron chi connectivity index (χ1n) is 8.16. The predicted octanol–water partition coefficient (Wildman–Crippen LogP) is 1.64. The number of benzene rings is 1. The van der Waals surface area contributed by atoms with Crippen molar-refractivity contribution in [2.24, 2.45) is 11.5 Å². The van der Waals surface area contributed by atoms with E-state index in [-0.39, 0.29) is 23.2 Å². The largest absolute Gasteiger partial charge is 0.370 e. The van der Waals surface area contributed by atoms with Crippen LogP contribution in [0.3, 0.4) is 0 Å². The molecule has 0 saturated heterocycles. The minimum atomic E-state index is -3.96. The minimum Gasteiger partial charge on any atom is -0.370 e. The summed E-state index contributed by atoms with van der Waals surface area (Å²) in [6.45, 7) is 2.11. The van der Waals surface area contributed by atoms with Crippen molar-refractivity contribution >= 4 is 28.0 Å². The molecule has 0 spiro atoms. The van der Waals surface area contributed by atoms with Crippen LogP contribution in [0.1, 0.15) is 45.4 Å². The highest BCUT2D eigenvalue weighted by Gasteiger charge is 2.19. The maximum Gasteiger partial charge on any atom is 0.341 e. The number of nitrogens with two attached hydrogens (primary N) is 2. The van der Waals surface area contributed by atoms with Crippen molar-refractivity contribution in [1.82, 2.24) is 5.32 Å². The summed E-state index contributed by atoms with van der Waals surface area (Å²) in [7, 11) is -3.96. The molecule has 1 aromatic carbocycles. The van der Waals surface area contributed by atoms with Crippen LogP contribution in [0.4, 0.5) is 0 Å². The smallest absolute Gasteiger partial charge is 0.341 e. The number of rotatable bonds is 8. The van der Waals surface area contributed by atoms with E-state index in [0.717, 1.165) is 25.7 Å². The van der Waals surface area contributed by atoms with Crippen LogP contribution in [0.2, 0.25) is 0 Å². The third kappa shape index (κ3) is 11.8. The van der Waals surface area contributed by atoms with E-state index in [9.17, 15) is 13.2 Å². The number of carbonyl (C=O) groups is 1. The van der Waals surface area contributed by atoms with Gasteiger partial charge in [-0.2, -0.15) is 8.42 Å². The monoisotopic (exact) mass is 385 g/mol. The Kier molecular flexibility index (Phi) is 11.4. The topological polar surface area (TPSA) is 172 Å². The van der Waals surface area contributed by atoms with Gasteiger partial charge in [0.2, 0.25) is 0 Å². The highest BCUT2D eigenvalue weighted by molar-refractivity contribution is 7.87. The Morgan fingerprint density at radius 3 is 2.04 bits per heavy atom. The van der Waals surface area contributed by atoms with E-state index in [0.29, 0.717) is 6.42 Å². The normalized spacial score (nSPS) is 10.2. The average Bonchev–Trinajstić information content (AvgIpc) is 2.54. The van der Waals surface area contributed by atoms with Crippen LogP contribution in [-0.4, -0.2) is 26.3 Å². The fourth-order valence-corrected chi connectivity index (χ4v) is 2.73. The zero-order valence-corrected chi connectivity index (χ0v) is 15.6. The maximum absolute atomic E-state index is 11.7. The summed E-state index contributed by atoms with van der Waals surface area (Å²) in [5.74, 6) is -1.31. The molecule has 0 atom stereocenters. The molecule has 0 aliphatic carbocycles. The molecule has 1 rings (SSSR count). The van der Waals surface area contributed by atoms with E-state index in [1.54, 1.807) is 18.2 Å². The second-order valence-corrected chi connectivity index (χ2v) is 6.89. The second-order valence-electron chi connectivity index (χ2n) is 5.34. The Hall–Kier alpha value is -2.62. The summed E-state index contributed by atoms with van der Waals surface area (Å²) < 4.78 is 28.0. The lowest BCUT2D eigenvalue weighted by molar-refractivity contribution is -0.133. The molecule has 10 heteroatoms. The molecule has 0 aromatic heterocycles. The van der Waals surface area contributed by atoms with Gasteiger partial charge in [0.1, 0.15) is 4.90 Å². The summed E-state index contributed by atoms with van der Waals surface area (Å²) in [5.41, 5.74) is 9.49. The van der Waals surface area contributed by atoms with Crippen molar-refractivity contribution in [3.05, 3.63) is 30.3 Å². The number of carbonyl (C=O) groups excluding carboxylic acids is 1. The Bertz CT molecular complexity index is 665. The molecule has 0 unspecified atom stereocenters. The first kappa shape index (κ1) is 23.4. The summed E-state index contributed by atoms with van der Waals surface area (Å²) in [6, 6.07) is 7.69. The number of nitrogens with one attached hydrogen (secondary N) is 3. The van der Waals surface area contributed by atoms with Crippen LogP contribution in [0, 0.1) is 10.8 Å². The van der Waals surface area contributed by atoms with Gasteiger partial charge >= 0.3 is 16.1 Å². The third-order valence-corrected chi connectivity index (χ3v) is 4.24. The molecule has 0 saturated carbocycles. The molecule has 1 aromatic rings. The molecule has 0 aliphatic heterocycles. The summed E-state index contributed by atoms with van der Waals surface area (Å²) >= 11 is 0. The zero-order chi connectivity index (χ0) is 20.0. The Balaban J connectivity index is 0.000000758. The van der Waals surface area contributed by atoms with Gasteiger partial charge in [-0.3, -0.25) is 20.9 Å². The maximum atomic E-state index is 11.7. The quantitative estimate of drug-likeness (QED) is 0.196. The molecule has 0 heterocycles. The van der Waals surface area contributed by atoms with Gasteiger partial charge in [0.05, 0.1) is 0 Å². The lowest BCUT2D eigenvalue weighted by atomic mass is 10.1. The molecule has 0 radical (unpaired) electrons. The van der Waals surface area contributed by atoms with E-state index in [4.69, 9.17) is 22.3 Å². The lowest BCUT2D eigenvalue weighted by Crippen LogP contribution is -2.39. The fraction of sp³-hybridized carbons (Fsp3) is 0.438. The van der Waals surface area contributed by atoms with Crippen LogP contribution in [0.5, 0.6) is 0 Å². The standard InChI is InChI=1S/C14H20O4S.C2H7N5/c1-2-3-4-5-9-12-14(15)18-19(16,17)13-10-7-6-8-11-13;3-1(4)7-2(5)6/h6-8,10-11H,2-5,9,12H2,1H3;(H7,3,4,5,6,7). The van der Waals surface area contributed by atoms with E-state index in [1.165, 1.54) is 12.1 Å². The summed E-state index contributed by atoms with van der Waals surface area (Å²) in [4.78, 5) is 11.5. The molecular weight excluding hydrogens is 358 g/mol. The minimum absolute atomic E-state index is 0.00864. The van der Waals surface area contributed by atoms with Crippen LogP contribution >= 0.6 is 0 Å². The average molecular weight is 385 g/mol. The molecule has 9 nitrogen and oxygen atoms in total.